The lowest BCUT2D eigenvalue weighted by atomic mass is 10.0. The van der Waals surface area contributed by atoms with Crippen LogP contribution in [0.1, 0.15) is 15.9 Å². The van der Waals surface area contributed by atoms with Gasteiger partial charge in [0.2, 0.25) is 0 Å². The number of carboxylic acid groups (broad SMARTS) is 1. The summed E-state index contributed by atoms with van der Waals surface area (Å²) in [5.41, 5.74) is 2.84. The Kier molecular flexibility index (Phi) is 4.89. The molecule has 25 heavy (non-hydrogen) atoms. The lowest BCUT2D eigenvalue weighted by molar-refractivity contribution is 0.0693. The molecule has 1 aromatic carbocycles. The fourth-order valence-electron chi connectivity index (χ4n) is 2.42. The molecule has 0 atom stereocenters. The number of methoxy groups -OCH3 is 1. The number of hydrogen-bond donors (Lipinski definition) is 2. The van der Waals surface area contributed by atoms with Crippen LogP contribution in [0, 0.1) is 0 Å². The first-order valence-corrected chi connectivity index (χ1v) is 7.68. The summed E-state index contributed by atoms with van der Waals surface area (Å²) >= 11 is 0. The van der Waals surface area contributed by atoms with Gasteiger partial charge in [0.1, 0.15) is 17.1 Å². The maximum Gasteiger partial charge on any atom is 0.339 e. The van der Waals surface area contributed by atoms with Crippen LogP contribution < -0.4 is 10.1 Å². The zero-order valence-electron chi connectivity index (χ0n) is 13.6. The van der Waals surface area contributed by atoms with E-state index in [2.05, 4.69) is 15.3 Å². The van der Waals surface area contributed by atoms with E-state index < -0.39 is 5.97 Å². The second-order valence-corrected chi connectivity index (χ2v) is 5.36. The fourth-order valence-corrected chi connectivity index (χ4v) is 2.42. The van der Waals surface area contributed by atoms with Crippen molar-refractivity contribution >= 4 is 11.8 Å². The van der Waals surface area contributed by atoms with E-state index in [0.717, 1.165) is 22.5 Å². The van der Waals surface area contributed by atoms with Crippen molar-refractivity contribution in [1.82, 2.24) is 9.97 Å². The number of carboxylic acids is 1. The molecule has 0 aliphatic carbocycles. The smallest absolute Gasteiger partial charge is 0.339 e. The molecule has 6 heteroatoms. The van der Waals surface area contributed by atoms with Crippen LogP contribution in [0.3, 0.4) is 0 Å². The molecule has 0 saturated heterocycles. The molecule has 6 nitrogen and oxygen atoms in total. The van der Waals surface area contributed by atoms with Crippen LogP contribution in [0.2, 0.25) is 0 Å². The predicted molar refractivity (Wildman–Crippen MR) is 94.7 cm³/mol. The minimum absolute atomic E-state index is 0.125. The van der Waals surface area contributed by atoms with E-state index >= 15 is 0 Å². The molecule has 0 spiro atoms. The van der Waals surface area contributed by atoms with Crippen molar-refractivity contribution in [3.05, 3.63) is 72.2 Å². The van der Waals surface area contributed by atoms with Crippen LogP contribution in [0.4, 0.5) is 5.82 Å². The molecule has 2 heterocycles. The summed E-state index contributed by atoms with van der Waals surface area (Å²) in [4.78, 5) is 19.7. The Morgan fingerprint density at radius 3 is 2.52 bits per heavy atom. The molecular weight excluding hydrogens is 318 g/mol. The van der Waals surface area contributed by atoms with E-state index in [1.54, 1.807) is 30.7 Å². The summed E-state index contributed by atoms with van der Waals surface area (Å²) in [6.45, 7) is 0.653. The second-order valence-electron chi connectivity index (χ2n) is 5.36. The van der Waals surface area contributed by atoms with Crippen LogP contribution in [0.25, 0.3) is 11.1 Å². The third kappa shape index (κ3) is 3.92. The van der Waals surface area contributed by atoms with Gasteiger partial charge in [-0.1, -0.05) is 6.07 Å². The first-order valence-electron chi connectivity index (χ1n) is 7.68. The molecule has 3 rings (SSSR count). The van der Waals surface area contributed by atoms with Gasteiger partial charge in [-0.25, -0.2) is 9.78 Å². The fraction of sp³-hybridized carbons (Fsp3) is 0.105. The third-order valence-corrected chi connectivity index (χ3v) is 3.75. The number of rotatable bonds is 6. The Morgan fingerprint density at radius 2 is 1.88 bits per heavy atom. The highest BCUT2D eigenvalue weighted by Crippen LogP contribution is 2.27. The van der Waals surface area contributed by atoms with Crippen molar-refractivity contribution in [2.45, 2.75) is 6.54 Å². The molecule has 0 fully saturated rings. The molecule has 2 aromatic heterocycles. The molecule has 0 aliphatic heterocycles. The molecule has 3 aromatic rings. The Hall–Kier alpha value is -3.41. The maximum atomic E-state index is 11.3. The zero-order valence-corrected chi connectivity index (χ0v) is 13.6. The Bertz CT molecular complexity index is 865. The van der Waals surface area contributed by atoms with Gasteiger partial charge in [0, 0.05) is 30.7 Å². The van der Waals surface area contributed by atoms with E-state index in [1.165, 1.54) is 7.11 Å². The van der Waals surface area contributed by atoms with E-state index in [0.29, 0.717) is 12.3 Å². The van der Waals surface area contributed by atoms with Gasteiger partial charge in [-0.2, -0.15) is 0 Å². The molecule has 0 amide bonds. The van der Waals surface area contributed by atoms with Crippen LogP contribution in [0.15, 0.2) is 61.1 Å². The van der Waals surface area contributed by atoms with Gasteiger partial charge in [-0.15, -0.1) is 0 Å². The van der Waals surface area contributed by atoms with E-state index in [-0.39, 0.29) is 5.56 Å². The van der Waals surface area contributed by atoms with Crippen LogP contribution in [-0.4, -0.2) is 28.2 Å². The van der Waals surface area contributed by atoms with Gasteiger partial charge in [0.05, 0.1) is 7.11 Å². The summed E-state index contributed by atoms with van der Waals surface area (Å²) < 4.78 is 5.08. The number of nitrogens with one attached hydrogen (secondary N) is 1. The van der Waals surface area contributed by atoms with Crippen LogP contribution in [-0.2, 0) is 6.54 Å². The number of aromatic carboxylic acids is 1. The molecule has 0 saturated carbocycles. The van der Waals surface area contributed by atoms with Gasteiger partial charge in [0.15, 0.2) is 0 Å². The summed E-state index contributed by atoms with van der Waals surface area (Å²) in [5.74, 6) is 0.0506. The van der Waals surface area contributed by atoms with Crippen LogP contribution in [0.5, 0.6) is 5.75 Å². The van der Waals surface area contributed by atoms with Gasteiger partial charge < -0.3 is 15.2 Å². The largest absolute Gasteiger partial charge is 0.496 e. The number of benzene rings is 1. The van der Waals surface area contributed by atoms with E-state index in [9.17, 15) is 9.90 Å². The van der Waals surface area contributed by atoms with Crippen molar-refractivity contribution in [3.8, 4) is 16.9 Å². The normalized spacial score (nSPS) is 10.3. The van der Waals surface area contributed by atoms with Crippen molar-refractivity contribution in [3.63, 3.8) is 0 Å². The van der Waals surface area contributed by atoms with Gasteiger partial charge in [0.25, 0.3) is 0 Å². The lowest BCUT2D eigenvalue weighted by Crippen LogP contribution is -2.02. The highest BCUT2D eigenvalue weighted by Gasteiger charge is 2.12. The SMILES string of the molecule is COc1ccc(-c2ccc(NCc3ccncc3)nc2)cc1C(=O)O. The molecule has 2 N–H and O–H groups in total. The first kappa shape index (κ1) is 16.4. The molecule has 126 valence electrons. The van der Waals surface area contributed by atoms with Gasteiger partial charge >= 0.3 is 5.97 Å². The summed E-state index contributed by atoms with van der Waals surface area (Å²) in [7, 11) is 1.45. The number of nitrogens with zero attached hydrogens (tertiary/aromatic N) is 2. The molecular formula is C19H17N3O3. The van der Waals surface area contributed by atoms with Crippen molar-refractivity contribution in [1.29, 1.82) is 0 Å². The molecule has 0 unspecified atom stereocenters. The topological polar surface area (TPSA) is 84.3 Å². The van der Waals surface area contributed by atoms with Gasteiger partial charge in [-0.3, -0.25) is 4.98 Å². The number of aromatic nitrogens is 2. The summed E-state index contributed by atoms with van der Waals surface area (Å²) in [6, 6.07) is 12.7. The number of hydrogen-bond acceptors (Lipinski definition) is 5. The van der Waals surface area contributed by atoms with Crippen molar-refractivity contribution in [2.75, 3.05) is 12.4 Å². The zero-order chi connectivity index (χ0) is 17.6. The first-order chi connectivity index (χ1) is 12.2. The Balaban J connectivity index is 1.76. The van der Waals surface area contributed by atoms with E-state index in [4.69, 9.17) is 4.74 Å². The molecule has 0 radical (unpaired) electrons. The van der Waals surface area contributed by atoms with Crippen molar-refractivity contribution in [2.24, 2.45) is 0 Å². The number of anilines is 1. The van der Waals surface area contributed by atoms with Gasteiger partial charge in [-0.05, 0) is 47.5 Å². The maximum absolute atomic E-state index is 11.3. The quantitative estimate of drug-likeness (QED) is 0.717. The number of carbonyl (C=O) groups is 1. The average Bonchev–Trinajstić information content (AvgIpc) is 2.67. The highest BCUT2D eigenvalue weighted by molar-refractivity contribution is 5.92. The number of ether oxygens (including phenoxy) is 1. The third-order valence-electron chi connectivity index (χ3n) is 3.75. The summed E-state index contributed by atoms with van der Waals surface area (Å²) in [6.07, 6.45) is 5.21. The minimum Gasteiger partial charge on any atom is -0.496 e. The monoisotopic (exact) mass is 335 g/mol. The van der Waals surface area contributed by atoms with E-state index in [1.807, 2.05) is 30.3 Å². The predicted octanol–water partition coefficient (Wildman–Crippen LogP) is 3.46. The number of pyridine rings is 2. The van der Waals surface area contributed by atoms with Crippen molar-refractivity contribution < 1.29 is 14.6 Å². The highest BCUT2D eigenvalue weighted by atomic mass is 16.5. The standard InChI is InChI=1S/C19H17N3O3/c1-25-17-4-2-14(10-16(17)19(23)24)15-3-5-18(22-12-15)21-11-13-6-8-20-9-7-13/h2-10,12H,11H2,1H3,(H,21,22)(H,23,24). The van der Waals surface area contributed by atoms with Crippen LogP contribution >= 0.6 is 0 Å². The second kappa shape index (κ2) is 7.44. The Labute approximate surface area is 145 Å². The summed E-state index contributed by atoms with van der Waals surface area (Å²) in [5, 5.41) is 12.5. The minimum atomic E-state index is -1.03. The average molecular weight is 335 g/mol. The molecule has 0 bridgehead atoms. The molecule has 0 aliphatic rings. The lowest BCUT2D eigenvalue weighted by Gasteiger charge is -2.09. The Morgan fingerprint density at radius 1 is 1.12 bits per heavy atom.